The monoisotopic (exact) mass is 270 g/mol. The molecule has 114 valence electrons. The van der Waals surface area contributed by atoms with E-state index >= 15 is 0 Å². The van der Waals surface area contributed by atoms with Crippen LogP contribution in [-0.2, 0) is 4.74 Å². The molecular weight excluding hydrogens is 236 g/mol. The summed E-state index contributed by atoms with van der Waals surface area (Å²) in [7, 11) is 0. The van der Waals surface area contributed by atoms with Gasteiger partial charge in [0.15, 0.2) is 0 Å². The predicted octanol–water partition coefficient (Wildman–Crippen LogP) is 3.05. The van der Waals surface area contributed by atoms with Crippen molar-refractivity contribution in [1.82, 2.24) is 10.2 Å². The predicted molar refractivity (Wildman–Crippen MR) is 82.7 cm³/mol. The fourth-order valence-corrected chi connectivity index (χ4v) is 2.57. The van der Waals surface area contributed by atoms with Gasteiger partial charge in [0.05, 0.1) is 13.2 Å². The maximum Gasteiger partial charge on any atom is 0.0594 e. The topological polar surface area (TPSA) is 24.5 Å². The SMILES string of the molecule is CCCCCCCCCCNCCN1CCOCC1. The first kappa shape index (κ1) is 16.9. The second-order valence-corrected chi connectivity index (χ2v) is 5.68. The standard InChI is InChI=1S/C16H34N2O/c1-2-3-4-5-6-7-8-9-10-17-11-12-18-13-15-19-16-14-18/h17H,2-16H2,1H3. The van der Waals surface area contributed by atoms with Gasteiger partial charge in [-0.2, -0.15) is 0 Å². The lowest BCUT2D eigenvalue weighted by Gasteiger charge is -2.26. The summed E-state index contributed by atoms with van der Waals surface area (Å²) in [4.78, 5) is 2.49. The van der Waals surface area contributed by atoms with E-state index in [4.69, 9.17) is 4.74 Å². The van der Waals surface area contributed by atoms with Gasteiger partial charge >= 0.3 is 0 Å². The van der Waals surface area contributed by atoms with E-state index < -0.39 is 0 Å². The molecule has 19 heavy (non-hydrogen) atoms. The van der Waals surface area contributed by atoms with Crippen molar-refractivity contribution in [2.45, 2.75) is 58.3 Å². The first-order chi connectivity index (χ1) is 9.43. The summed E-state index contributed by atoms with van der Waals surface area (Å²) in [5, 5.41) is 3.56. The number of morpholine rings is 1. The van der Waals surface area contributed by atoms with Crippen LogP contribution in [0.3, 0.4) is 0 Å². The molecular formula is C16H34N2O. The highest BCUT2D eigenvalue weighted by atomic mass is 16.5. The van der Waals surface area contributed by atoms with Gasteiger partial charge in [-0.3, -0.25) is 4.90 Å². The third-order valence-electron chi connectivity index (χ3n) is 3.92. The van der Waals surface area contributed by atoms with E-state index in [9.17, 15) is 0 Å². The summed E-state index contributed by atoms with van der Waals surface area (Å²) in [5.41, 5.74) is 0. The third-order valence-corrected chi connectivity index (χ3v) is 3.92. The van der Waals surface area contributed by atoms with Crippen LogP contribution in [0.1, 0.15) is 58.3 Å². The molecule has 3 nitrogen and oxygen atoms in total. The Morgan fingerprint density at radius 2 is 1.47 bits per heavy atom. The van der Waals surface area contributed by atoms with Crippen molar-refractivity contribution >= 4 is 0 Å². The highest BCUT2D eigenvalue weighted by Gasteiger charge is 2.08. The second-order valence-electron chi connectivity index (χ2n) is 5.68. The Kier molecular flexibility index (Phi) is 11.5. The van der Waals surface area contributed by atoms with Crippen molar-refractivity contribution in [2.75, 3.05) is 45.9 Å². The van der Waals surface area contributed by atoms with Gasteiger partial charge in [0.2, 0.25) is 0 Å². The number of hydrogen-bond donors (Lipinski definition) is 1. The Balaban J connectivity index is 1.71. The van der Waals surface area contributed by atoms with Crippen LogP contribution in [0.4, 0.5) is 0 Å². The van der Waals surface area contributed by atoms with Gasteiger partial charge in [-0.05, 0) is 13.0 Å². The minimum Gasteiger partial charge on any atom is -0.379 e. The molecule has 1 saturated heterocycles. The lowest BCUT2D eigenvalue weighted by molar-refractivity contribution is 0.0384. The molecule has 0 radical (unpaired) electrons. The summed E-state index contributed by atoms with van der Waals surface area (Å²) in [6.45, 7) is 9.84. The molecule has 0 spiro atoms. The van der Waals surface area contributed by atoms with Crippen molar-refractivity contribution in [3.8, 4) is 0 Å². The molecule has 0 atom stereocenters. The molecule has 1 N–H and O–H groups in total. The van der Waals surface area contributed by atoms with E-state index in [1.165, 1.54) is 64.5 Å². The van der Waals surface area contributed by atoms with E-state index in [1.807, 2.05) is 0 Å². The van der Waals surface area contributed by atoms with Crippen molar-refractivity contribution in [3.63, 3.8) is 0 Å². The number of rotatable bonds is 12. The smallest absolute Gasteiger partial charge is 0.0594 e. The molecule has 1 fully saturated rings. The van der Waals surface area contributed by atoms with Crippen molar-refractivity contribution in [3.05, 3.63) is 0 Å². The van der Waals surface area contributed by atoms with Gasteiger partial charge in [-0.25, -0.2) is 0 Å². The molecule has 0 saturated carbocycles. The van der Waals surface area contributed by atoms with E-state index in [-0.39, 0.29) is 0 Å². The normalized spacial score (nSPS) is 16.9. The van der Waals surface area contributed by atoms with Crippen LogP contribution in [0.2, 0.25) is 0 Å². The van der Waals surface area contributed by atoms with Gasteiger partial charge in [0.25, 0.3) is 0 Å². The first-order valence-corrected chi connectivity index (χ1v) is 8.44. The largest absolute Gasteiger partial charge is 0.379 e. The van der Waals surface area contributed by atoms with Gasteiger partial charge in [0, 0.05) is 26.2 Å². The number of unbranched alkanes of at least 4 members (excludes halogenated alkanes) is 7. The van der Waals surface area contributed by atoms with Crippen LogP contribution in [-0.4, -0.2) is 50.8 Å². The molecule has 0 bridgehead atoms. The summed E-state index contributed by atoms with van der Waals surface area (Å²) in [6.07, 6.45) is 11.3. The van der Waals surface area contributed by atoms with Crippen LogP contribution < -0.4 is 5.32 Å². The van der Waals surface area contributed by atoms with E-state index in [1.54, 1.807) is 0 Å². The Hall–Kier alpha value is -0.120. The zero-order valence-corrected chi connectivity index (χ0v) is 13.0. The average molecular weight is 270 g/mol. The highest BCUT2D eigenvalue weighted by Crippen LogP contribution is 2.07. The van der Waals surface area contributed by atoms with Crippen LogP contribution in [0.25, 0.3) is 0 Å². The summed E-state index contributed by atoms with van der Waals surface area (Å²) < 4.78 is 5.34. The van der Waals surface area contributed by atoms with Crippen molar-refractivity contribution < 1.29 is 4.74 Å². The molecule has 0 unspecified atom stereocenters. The lowest BCUT2D eigenvalue weighted by Crippen LogP contribution is -2.40. The zero-order chi connectivity index (χ0) is 13.6. The number of ether oxygens (including phenoxy) is 1. The molecule has 0 aromatic heterocycles. The lowest BCUT2D eigenvalue weighted by atomic mass is 10.1. The maximum atomic E-state index is 5.34. The summed E-state index contributed by atoms with van der Waals surface area (Å²) >= 11 is 0. The van der Waals surface area contributed by atoms with E-state index in [0.717, 1.165) is 32.8 Å². The molecule has 1 aliphatic rings. The molecule has 3 heteroatoms. The average Bonchev–Trinajstić information content (AvgIpc) is 2.46. The Labute approximate surface area is 120 Å². The quantitative estimate of drug-likeness (QED) is 0.552. The van der Waals surface area contributed by atoms with Gasteiger partial charge in [-0.15, -0.1) is 0 Å². The van der Waals surface area contributed by atoms with E-state index in [0.29, 0.717) is 0 Å². The number of nitrogens with one attached hydrogen (secondary N) is 1. The summed E-state index contributed by atoms with van der Waals surface area (Å²) in [6, 6.07) is 0. The minimum absolute atomic E-state index is 0.915. The van der Waals surface area contributed by atoms with Gasteiger partial charge in [-0.1, -0.05) is 51.9 Å². The molecule has 0 aliphatic carbocycles. The van der Waals surface area contributed by atoms with Gasteiger partial charge in [0.1, 0.15) is 0 Å². The minimum atomic E-state index is 0.915. The Morgan fingerprint density at radius 1 is 0.842 bits per heavy atom. The fourth-order valence-electron chi connectivity index (χ4n) is 2.57. The third kappa shape index (κ3) is 10.3. The van der Waals surface area contributed by atoms with Crippen molar-refractivity contribution in [1.29, 1.82) is 0 Å². The second kappa shape index (κ2) is 12.9. The van der Waals surface area contributed by atoms with E-state index in [2.05, 4.69) is 17.1 Å². The first-order valence-electron chi connectivity index (χ1n) is 8.44. The van der Waals surface area contributed by atoms with Crippen LogP contribution >= 0.6 is 0 Å². The zero-order valence-electron chi connectivity index (χ0n) is 13.0. The molecule has 1 heterocycles. The Bertz CT molecular complexity index is 182. The van der Waals surface area contributed by atoms with Gasteiger partial charge < -0.3 is 10.1 Å². The van der Waals surface area contributed by atoms with Crippen LogP contribution in [0.5, 0.6) is 0 Å². The van der Waals surface area contributed by atoms with Crippen molar-refractivity contribution in [2.24, 2.45) is 0 Å². The number of hydrogen-bond acceptors (Lipinski definition) is 3. The maximum absolute atomic E-state index is 5.34. The highest BCUT2D eigenvalue weighted by molar-refractivity contribution is 4.63. The molecule has 0 amide bonds. The van der Waals surface area contributed by atoms with Crippen LogP contribution in [0, 0.1) is 0 Å². The molecule has 0 aromatic carbocycles. The number of nitrogens with zero attached hydrogens (tertiary/aromatic N) is 1. The molecule has 0 aromatic rings. The summed E-state index contributed by atoms with van der Waals surface area (Å²) in [5.74, 6) is 0. The molecule has 1 aliphatic heterocycles. The fraction of sp³-hybridized carbons (Fsp3) is 1.00. The molecule has 1 rings (SSSR count). The van der Waals surface area contributed by atoms with Crippen LogP contribution in [0.15, 0.2) is 0 Å². The Morgan fingerprint density at radius 3 is 2.16 bits per heavy atom.